The van der Waals surface area contributed by atoms with E-state index in [1.807, 2.05) is 24.3 Å². The third kappa shape index (κ3) is 4.56. The van der Waals surface area contributed by atoms with Crippen LogP contribution in [0.5, 0.6) is 0 Å². The maximum Gasteiger partial charge on any atom is 0.262 e. The number of para-hydroxylation sites is 1. The summed E-state index contributed by atoms with van der Waals surface area (Å²) in [4.78, 5) is 30.2. The summed E-state index contributed by atoms with van der Waals surface area (Å²) >= 11 is 1.29. The van der Waals surface area contributed by atoms with Crippen LogP contribution in [-0.2, 0) is 11.3 Å². The topological polar surface area (TPSA) is 77.1 Å². The number of fused-ring (bicyclic) bond motifs is 1. The molecule has 1 aromatic carbocycles. The van der Waals surface area contributed by atoms with Gasteiger partial charge in [-0.05, 0) is 43.0 Å². The van der Waals surface area contributed by atoms with Crippen LogP contribution in [0.2, 0.25) is 0 Å². The molecule has 29 heavy (non-hydrogen) atoms. The smallest absolute Gasteiger partial charge is 0.262 e. The number of hydrogen-bond acceptors (Lipinski definition) is 5. The molecule has 3 aromatic rings. The van der Waals surface area contributed by atoms with Crippen molar-refractivity contribution in [2.24, 2.45) is 5.92 Å². The van der Waals surface area contributed by atoms with Gasteiger partial charge in [-0.2, -0.15) is 0 Å². The molecule has 1 saturated carbocycles. The van der Waals surface area contributed by atoms with E-state index in [1.165, 1.54) is 18.2 Å². The predicted molar refractivity (Wildman–Crippen MR) is 114 cm³/mol. The monoisotopic (exact) mass is 411 g/mol. The van der Waals surface area contributed by atoms with Crippen LogP contribution in [-0.4, -0.2) is 27.3 Å². The van der Waals surface area contributed by atoms with E-state index in [4.69, 9.17) is 4.42 Å². The molecule has 1 aliphatic rings. The summed E-state index contributed by atoms with van der Waals surface area (Å²) in [6, 6.07) is 11.1. The maximum absolute atomic E-state index is 13.0. The van der Waals surface area contributed by atoms with Gasteiger partial charge in [-0.15, -0.1) is 0 Å². The van der Waals surface area contributed by atoms with Crippen LogP contribution in [0, 0.1) is 5.92 Å². The number of aromatic nitrogens is 2. The Hall–Kier alpha value is -2.54. The first-order chi connectivity index (χ1) is 14.1. The molecular weight excluding hydrogens is 386 g/mol. The highest BCUT2D eigenvalue weighted by molar-refractivity contribution is 7.99. The van der Waals surface area contributed by atoms with Crippen molar-refractivity contribution in [3.05, 3.63) is 58.8 Å². The molecule has 0 aliphatic heterocycles. The summed E-state index contributed by atoms with van der Waals surface area (Å²) in [5.74, 6) is 1.40. The fourth-order valence-electron chi connectivity index (χ4n) is 3.86. The minimum atomic E-state index is -0.129. The number of carbonyl (C=O) groups excluding carboxylic acids is 1. The highest BCUT2D eigenvalue weighted by Gasteiger charge is 2.23. The highest BCUT2D eigenvalue weighted by Crippen LogP contribution is 2.24. The molecule has 2 atom stereocenters. The van der Waals surface area contributed by atoms with Gasteiger partial charge in [0, 0.05) is 6.04 Å². The van der Waals surface area contributed by atoms with E-state index in [-0.39, 0.29) is 29.8 Å². The Balaban J connectivity index is 1.55. The summed E-state index contributed by atoms with van der Waals surface area (Å²) in [5, 5.41) is 4.25. The average molecular weight is 412 g/mol. The lowest BCUT2D eigenvalue weighted by molar-refractivity contribution is -0.119. The fraction of sp³-hybridized carbons (Fsp3) is 0.409. The van der Waals surface area contributed by atoms with E-state index in [9.17, 15) is 9.59 Å². The lowest BCUT2D eigenvalue weighted by Crippen LogP contribution is -2.42. The van der Waals surface area contributed by atoms with Gasteiger partial charge in [-0.3, -0.25) is 14.2 Å². The molecule has 1 amide bonds. The lowest BCUT2D eigenvalue weighted by Gasteiger charge is -2.29. The second kappa shape index (κ2) is 8.86. The van der Waals surface area contributed by atoms with Crippen molar-refractivity contribution in [3.63, 3.8) is 0 Å². The van der Waals surface area contributed by atoms with E-state index < -0.39 is 0 Å². The Morgan fingerprint density at radius 3 is 2.86 bits per heavy atom. The number of nitrogens with zero attached hydrogens (tertiary/aromatic N) is 2. The van der Waals surface area contributed by atoms with Crippen LogP contribution < -0.4 is 10.9 Å². The second-order valence-corrected chi connectivity index (χ2v) is 8.55. The molecule has 7 heteroatoms. The Morgan fingerprint density at radius 2 is 2.07 bits per heavy atom. The van der Waals surface area contributed by atoms with Crippen molar-refractivity contribution in [1.29, 1.82) is 0 Å². The van der Waals surface area contributed by atoms with E-state index >= 15 is 0 Å². The minimum Gasteiger partial charge on any atom is -0.467 e. The molecule has 152 valence electrons. The molecule has 0 bridgehead atoms. The molecule has 2 heterocycles. The van der Waals surface area contributed by atoms with Crippen molar-refractivity contribution in [2.75, 3.05) is 5.75 Å². The zero-order chi connectivity index (χ0) is 20.2. The van der Waals surface area contributed by atoms with Gasteiger partial charge in [0.05, 0.1) is 29.5 Å². The number of amides is 1. The number of rotatable bonds is 6. The molecule has 0 spiro atoms. The molecule has 6 nitrogen and oxygen atoms in total. The van der Waals surface area contributed by atoms with Crippen molar-refractivity contribution >= 4 is 28.6 Å². The predicted octanol–water partition coefficient (Wildman–Crippen LogP) is 3.82. The van der Waals surface area contributed by atoms with Crippen molar-refractivity contribution in [3.8, 4) is 0 Å². The van der Waals surface area contributed by atoms with Crippen LogP contribution in [0.3, 0.4) is 0 Å². The summed E-state index contributed by atoms with van der Waals surface area (Å²) < 4.78 is 7.01. The van der Waals surface area contributed by atoms with Gasteiger partial charge in [0.2, 0.25) is 5.91 Å². The van der Waals surface area contributed by atoms with Gasteiger partial charge < -0.3 is 9.73 Å². The molecular formula is C22H25N3O3S. The summed E-state index contributed by atoms with van der Waals surface area (Å²) in [6.07, 6.45) is 6.18. The first-order valence-corrected chi connectivity index (χ1v) is 11.0. The van der Waals surface area contributed by atoms with Crippen LogP contribution in [0.15, 0.2) is 57.0 Å². The Kier molecular flexibility index (Phi) is 6.04. The molecule has 0 saturated heterocycles. The van der Waals surface area contributed by atoms with Crippen LogP contribution in [0.1, 0.15) is 38.4 Å². The molecule has 1 N–H and O–H groups in total. The van der Waals surface area contributed by atoms with Gasteiger partial charge >= 0.3 is 0 Å². The normalized spacial score (nSPS) is 19.3. The Labute approximate surface area is 173 Å². The zero-order valence-corrected chi connectivity index (χ0v) is 17.3. The van der Waals surface area contributed by atoms with Crippen molar-refractivity contribution in [2.45, 2.75) is 50.4 Å². The number of carbonyl (C=O) groups is 1. The van der Waals surface area contributed by atoms with E-state index in [0.717, 1.165) is 19.3 Å². The average Bonchev–Trinajstić information content (AvgIpc) is 3.24. The summed E-state index contributed by atoms with van der Waals surface area (Å²) in [6.45, 7) is 2.48. The van der Waals surface area contributed by atoms with Gasteiger partial charge in [-0.1, -0.05) is 43.7 Å². The number of hydrogen-bond donors (Lipinski definition) is 1. The second-order valence-electron chi connectivity index (χ2n) is 7.61. The summed E-state index contributed by atoms with van der Waals surface area (Å²) in [5.41, 5.74) is 0.507. The van der Waals surface area contributed by atoms with Crippen molar-refractivity contribution < 1.29 is 9.21 Å². The molecule has 2 aromatic heterocycles. The number of benzene rings is 1. The number of nitrogens with one attached hydrogen (secondary N) is 1. The quantitative estimate of drug-likeness (QED) is 0.493. The minimum absolute atomic E-state index is 0.0132. The molecule has 1 aliphatic carbocycles. The maximum atomic E-state index is 13.0. The van der Waals surface area contributed by atoms with Gasteiger partial charge in [0.1, 0.15) is 5.76 Å². The number of thioether (sulfide) groups is 1. The van der Waals surface area contributed by atoms with Gasteiger partial charge in [0.15, 0.2) is 5.16 Å². The lowest BCUT2D eigenvalue weighted by atomic mass is 9.86. The third-order valence-corrected chi connectivity index (χ3v) is 6.49. The highest BCUT2D eigenvalue weighted by atomic mass is 32.2. The van der Waals surface area contributed by atoms with Crippen LogP contribution in [0.4, 0.5) is 0 Å². The van der Waals surface area contributed by atoms with Gasteiger partial charge in [0.25, 0.3) is 5.56 Å². The van der Waals surface area contributed by atoms with Crippen LogP contribution >= 0.6 is 11.8 Å². The summed E-state index contributed by atoms with van der Waals surface area (Å²) in [7, 11) is 0. The Bertz CT molecular complexity index is 1050. The first kappa shape index (κ1) is 19.8. The van der Waals surface area contributed by atoms with Crippen LogP contribution in [0.25, 0.3) is 10.9 Å². The molecule has 4 rings (SSSR count). The molecule has 0 unspecified atom stereocenters. The van der Waals surface area contributed by atoms with Gasteiger partial charge in [-0.25, -0.2) is 4.98 Å². The zero-order valence-electron chi connectivity index (χ0n) is 16.5. The molecule has 1 fully saturated rings. The SMILES string of the molecule is C[C@@H]1CCCC[C@H]1NC(=O)CSc1nc2ccccc2c(=O)n1Cc1ccco1. The number of furan rings is 1. The standard InChI is InChI=1S/C22H25N3O3S/c1-15-7-2-4-10-18(15)23-20(26)14-29-22-24-19-11-5-3-9-17(19)21(27)25(22)13-16-8-6-12-28-16/h3,5-6,8-9,11-12,15,18H,2,4,7,10,13-14H2,1H3,(H,23,26)/t15-,18-/m1/s1. The molecule has 0 radical (unpaired) electrons. The Morgan fingerprint density at radius 1 is 1.24 bits per heavy atom. The van der Waals surface area contributed by atoms with E-state index in [1.54, 1.807) is 23.0 Å². The fourth-order valence-corrected chi connectivity index (χ4v) is 4.67. The largest absolute Gasteiger partial charge is 0.467 e. The van der Waals surface area contributed by atoms with E-state index in [2.05, 4.69) is 17.2 Å². The van der Waals surface area contributed by atoms with Crippen molar-refractivity contribution in [1.82, 2.24) is 14.9 Å². The third-order valence-electron chi connectivity index (χ3n) is 5.51. The first-order valence-electron chi connectivity index (χ1n) is 10.1. The van der Waals surface area contributed by atoms with E-state index in [0.29, 0.717) is 27.7 Å².